The molecule has 0 bridgehead atoms. The minimum absolute atomic E-state index is 0.227. The van der Waals surface area contributed by atoms with Gasteiger partial charge in [-0.3, -0.25) is 0 Å². The molecule has 5 heteroatoms. The van der Waals surface area contributed by atoms with Gasteiger partial charge in [0.15, 0.2) is 0 Å². The van der Waals surface area contributed by atoms with Gasteiger partial charge >= 0.3 is 0 Å². The van der Waals surface area contributed by atoms with Crippen molar-refractivity contribution in [3.8, 4) is 5.75 Å². The van der Waals surface area contributed by atoms with Crippen LogP contribution in [0.3, 0.4) is 0 Å². The second kappa shape index (κ2) is 7.17. The smallest absolute Gasteiger partial charge is 0.145 e. The van der Waals surface area contributed by atoms with Crippen LogP contribution in [0.1, 0.15) is 11.1 Å². The molecule has 0 unspecified atom stereocenters. The minimum atomic E-state index is 0.227. The Balaban J connectivity index is 1.93. The summed E-state index contributed by atoms with van der Waals surface area (Å²) in [5, 5.41) is 5.03. The third-order valence-electron chi connectivity index (χ3n) is 2.66. The lowest BCUT2D eigenvalue weighted by molar-refractivity contribution is 0.132. The molecule has 0 aliphatic carbocycles. The highest BCUT2D eigenvalue weighted by atomic mass is 35.5. The molecule has 2 aromatic carbocycles. The Morgan fingerprint density at radius 1 is 1.05 bits per heavy atom. The number of oxime groups is 1. The van der Waals surface area contributed by atoms with Crippen molar-refractivity contribution in [2.45, 2.75) is 6.61 Å². The van der Waals surface area contributed by atoms with Gasteiger partial charge in [-0.2, -0.15) is 0 Å². The van der Waals surface area contributed by atoms with E-state index in [1.165, 1.54) is 0 Å². The minimum Gasteiger partial charge on any atom is -0.497 e. The maximum absolute atomic E-state index is 6.03. The fraction of sp³-hybridized carbons (Fsp3) is 0.133. The van der Waals surface area contributed by atoms with Crippen molar-refractivity contribution >= 4 is 29.4 Å². The van der Waals surface area contributed by atoms with Crippen molar-refractivity contribution in [2.75, 3.05) is 7.11 Å². The highest BCUT2D eigenvalue weighted by Crippen LogP contribution is 2.24. The lowest BCUT2D eigenvalue weighted by atomic mass is 10.2. The van der Waals surface area contributed by atoms with E-state index >= 15 is 0 Å². The molecule has 0 saturated heterocycles. The highest BCUT2D eigenvalue weighted by molar-refractivity contribution is 6.35. The number of benzene rings is 2. The van der Waals surface area contributed by atoms with Crippen LogP contribution < -0.4 is 4.74 Å². The van der Waals surface area contributed by atoms with Crippen LogP contribution in [0.15, 0.2) is 47.6 Å². The first-order valence-electron chi connectivity index (χ1n) is 5.93. The van der Waals surface area contributed by atoms with E-state index in [9.17, 15) is 0 Å². The van der Waals surface area contributed by atoms with Gasteiger partial charge in [0.25, 0.3) is 0 Å². The Labute approximate surface area is 127 Å². The predicted octanol–water partition coefficient (Wildman–Crippen LogP) is 4.55. The normalized spacial score (nSPS) is 10.8. The van der Waals surface area contributed by atoms with E-state index in [0.717, 1.165) is 16.9 Å². The molecule has 0 aliphatic heterocycles. The maximum atomic E-state index is 6.03. The summed E-state index contributed by atoms with van der Waals surface area (Å²) in [5.41, 5.74) is 1.64. The number of nitrogens with zero attached hydrogens (tertiary/aromatic N) is 1. The molecule has 0 heterocycles. The molecule has 0 fully saturated rings. The second-order valence-corrected chi connectivity index (χ2v) is 4.80. The summed E-state index contributed by atoms with van der Waals surface area (Å²) in [7, 11) is 1.62. The first-order valence-corrected chi connectivity index (χ1v) is 6.68. The summed E-state index contributed by atoms with van der Waals surface area (Å²) in [6.07, 6.45) is 1.62. The van der Waals surface area contributed by atoms with Crippen LogP contribution in [0.2, 0.25) is 10.0 Å². The maximum Gasteiger partial charge on any atom is 0.145 e. The number of rotatable bonds is 5. The molecule has 2 aromatic rings. The van der Waals surface area contributed by atoms with Gasteiger partial charge in [-0.25, -0.2) is 0 Å². The van der Waals surface area contributed by atoms with Gasteiger partial charge in [-0.05, 0) is 42.0 Å². The van der Waals surface area contributed by atoms with Crippen LogP contribution >= 0.6 is 23.2 Å². The Morgan fingerprint density at radius 3 is 2.30 bits per heavy atom. The third-order valence-corrected chi connectivity index (χ3v) is 3.37. The van der Waals surface area contributed by atoms with Gasteiger partial charge in [0.05, 0.1) is 13.3 Å². The standard InChI is InChI=1S/C15H13Cl2NO2/c1-19-12-7-5-11(6-8-12)9-18-20-10-13-14(16)3-2-4-15(13)17/h2-9H,10H2,1H3/b18-9+. The van der Waals surface area contributed by atoms with Crippen molar-refractivity contribution in [2.24, 2.45) is 5.16 Å². The molecule has 0 atom stereocenters. The first-order chi connectivity index (χ1) is 9.70. The molecular formula is C15H13Cl2NO2. The summed E-state index contributed by atoms with van der Waals surface area (Å²) in [4.78, 5) is 5.21. The van der Waals surface area contributed by atoms with Gasteiger partial charge in [0.1, 0.15) is 12.4 Å². The topological polar surface area (TPSA) is 30.8 Å². The van der Waals surface area contributed by atoms with Crippen molar-refractivity contribution in [1.29, 1.82) is 0 Å². The predicted molar refractivity (Wildman–Crippen MR) is 81.8 cm³/mol. The van der Waals surface area contributed by atoms with Gasteiger partial charge in [-0.15, -0.1) is 0 Å². The Kier molecular flexibility index (Phi) is 5.27. The zero-order valence-corrected chi connectivity index (χ0v) is 12.4. The average molecular weight is 310 g/mol. The summed E-state index contributed by atoms with van der Waals surface area (Å²) < 4.78 is 5.07. The molecule has 0 aliphatic rings. The lowest BCUT2D eigenvalue weighted by Crippen LogP contribution is -1.91. The molecule has 20 heavy (non-hydrogen) atoms. The van der Waals surface area contributed by atoms with Crippen molar-refractivity contribution in [3.63, 3.8) is 0 Å². The van der Waals surface area contributed by atoms with E-state index in [0.29, 0.717) is 10.0 Å². The summed E-state index contributed by atoms with van der Waals surface area (Å²) >= 11 is 12.1. The number of methoxy groups -OCH3 is 1. The van der Waals surface area contributed by atoms with Gasteiger partial charge in [-0.1, -0.05) is 34.4 Å². The van der Waals surface area contributed by atoms with E-state index in [4.69, 9.17) is 32.8 Å². The molecule has 2 rings (SSSR count). The molecule has 104 valence electrons. The van der Waals surface area contributed by atoms with Crippen LogP contribution in [0.5, 0.6) is 5.75 Å². The largest absolute Gasteiger partial charge is 0.497 e. The second-order valence-electron chi connectivity index (χ2n) is 3.98. The number of halogens is 2. The van der Waals surface area contributed by atoms with Crippen molar-refractivity contribution in [3.05, 3.63) is 63.6 Å². The van der Waals surface area contributed by atoms with E-state index in [1.54, 1.807) is 31.5 Å². The zero-order chi connectivity index (χ0) is 14.4. The molecule has 0 aromatic heterocycles. The monoisotopic (exact) mass is 309 g/mol. The van der Waals surface area contributed by atoms with Gasteiger partial charge in [0, 0.05) is 15.6 Å². The highest BCUT2D eigenvalue weighted by Gasteiger charge is 2.05. The Morgan fingerprint density at radius 2 is 1.70 bits per heavy atom. The van der Waals surface area contributed by atoms with Gasteiger partial charge < -0.3 is 9.57 Å². The van der Waals surface area contributed by atoms with E-state index in [-0.39, 0.29) is 6.61 Å². The van der Waals surface area contributed by atoms with E-state index < -0.39 is 0 Å². The summed E-state index contributed by atoms with van der Waals surface area (Å²) in [6, 6.07) is 12.8. The molecule has 0 radical (unpaired) electrons. The molecular weight excluding hydrogens is 297 g/mol. The molecule has 0 amide bonds. The quantitative estimate of drug-likeness (QED) is 0.599. The first kappa shape index (κ1) is 14.7. The molecule has 0 N–H and O–H groups in total. The molecule has 0 saturated carbocycles. The fourth-order valence-electron chi connectivity index (χ4n) is 1.56. The van der Waals surface area contributed by atoms with Crippen LogP contribution in [-0.4, -0.2) is 13.3 Å². The molecule has 3 nitrogen and oxygen atoms in total. The fourth-order valence-corrected chi connectivity index (χ4v) is 2.07. The van der Waals surface area contributed by atoms with Gasteiger partial charge in [0.2, 0.25) is 0 Å². The average Bonchev–Trinajstić information content (AvgIpc) is 2.46. The summed E-state index contributed by atoms with van der Waals surface area (Å²) in [5.74, 6) is 0.797. The zero-order valence-electron chi connectivity index (χ0n) is 10.8. The number of hydrogen-bond acceptors (Lipinski definition) is 3. The van der Waals surface area contributed by atoms with Crippen molar-refractivity contribution in [1.82, 2.24) is 0 Å². The van der Waals surface area contributed by atoms with Crippen LogP contribution in [-0.2, 0) is 11.4 Å². The van der Waals surface area contributed by atoms with Crippen LogP contribution in [0.4, 0.5) is 0 Å². The van der Waals surface area contributed by atoms with Crippen LogP contribution in [0, 0.1) is 0 Å². The summed E-state index contributed by atoms with van der Waals surface area (Å²) in [6.45, 7) is 0.227. The van der Waals surface area contributed by atoms with E-state index in [1.807, 2.05) is 24.3 Å². The van der Waals surface area contributed by atoms with E-state index in [2.05, 4.69) is 5.16 Å². The van der Waals surface area contributed by atoms with Crippen LogP contribution in [0.25, 0.3) is 0 Å². The Bertz CT molecular complexity index is 577. The molecule has 0 spiro atoms. The number of ether oxygens (including phenoxy) is 1. The Hall–Kier alpha value is -1.71. The third kappa shape index (κ3) is 3.89. The van der Waals surface area contributed by atoms with Crippen molar-refractivity contribution < 1.29 is 9.57 Å². The lowest BCUT2D eigenvalue weighted by Gasteiger charge is -2.04. The number of hydrogen-bond donors (Lipinski definition) is 0. The SMILES string of the molecule is COc1ccc(/C=N/OCc2c(Cl)cccc2Cl)cc1.